The van der Waals surface area contributed by atoms with Gasteiger partial charge >= 0.3 is 0 Å². The van der Waals surface area contributed by atoms with E-state index in [2.05, 4.69) is 5.32 Å². The quantitative estimate of drug-likeness (QED) is 0.565. The number of Topliss-reactive ketones (excluding diaryl/α,β-unsaturated/α-hetero) is 1. The molecule has 0 amide bonds. The minimum atomic E-state index is -0.0674. The summed E-state index contributed by atoms with van der Waals surface area (Å²) in [6, 6.07) is 7.33. The minimum Gasteiger partial charge on any atom is -0.490 e. The zero-order valence-electron chi connectivity index (χ0n) is 11.2. The zero-order chi connectivity index (χ0) is 13.4. The number of benzene rings is 1. The van der Waals surface area contributed by atoms with Crippen LogP contribution < -0.4 is 10.1 Å². The number of ether oxygens (including phenoxy) is 2. The van der Waals surface area contributed by atoms with Gasteiger partial charge in [-0.1, -0.05) is 19.1 Å². The third-order valence-electron chi connectivity index (χ3n) is 2.66. The van der Waals surface area contributed by atoms with E-state index in [0.717, 1.165) is 0 Å². The first kappa shape index (κ1) is 14.7. The van der Waals surface area contributed by atoms with E-state index in [1.165, 1.54) is 0 Å². The molecule has 1 unspecified atom stereocenters. The molecule has 1 N–H and O–H groups in total. The number of para-hydroxylation sites is 1. The maximum atomic E-state index is 12.2. The van der Waals surface area contributed by atoms with Crippen LogP contribution in [0.15, 0.2) is 24.3 Å². The number of carbonyl (C=O) groups excluding carboxylic acids is 1. The van der Waals surface area contributed by atoms with Crippen LogP contribution in [0.1, 0.15) is 17.3 Å². The van der Waals surface area contributed by atoms with Crippen molar-refractivity contribution >= 4 is 5.78 Å². The van der Waals surface area contributed by atoms with Crippen LogP contribution in [0, 0.1) is 5.92 Å². The summed E-state index contributed by atoms with van der Waals surface area (Å²) < 4.78 is 10.5. The van der Waals surface area contributed by atoms with E-state index in [0.29, 0.717) is 31.1 Å². The van der Waals surface area contributed by atoms with Gasteiger partial charge in [0.25, 0.3) is 0 Å². The molecule has 0 aliphatic heterocycles. The molecule has 0 aliphatic carbocycles. The normalized spacial score (nSPS) is 12.2. The van der Waals surface area contributed by atoms with E-state index >= 15 is 0 Å². The molecule has 0 fully saturated rings. The number of nitrogens with one attached hydrogen (secondary N) is 1. The van der Waals surface area contributed by atoms with Crippen molar-refractivity contribution in [2.75, 3.05) is 33.9 Å². The second kappa shape index (κ2) is 7.84. The molecular formula is C14H21NO3. The van der Waals surface area contributed by atoms with Crippen LogP contribution in [0.3, 0.4) is 0 Å². The molecule has 4 heteroatoms. The van der Waals surface area contributed by atoms with Crippen LogP contribution in [0.4, 0.5) is 0 Å². The zero-order valence-corrected chi connectivity index (χ0v) is 11.2. The van der Waals surface area contributed by atoms with E-state index in [-0.39, 0.29) is 11.7 Å². The largest absolute Gasteiger partial charge is 0.490 e. The lowest BCUT2D eigenvalue weighted by molar-refractivity contribution is 0.0922. The third-order valence-corrected chi connectivity index (χ3v) is 2.66. The Morgan fingerprint density at radius 3 is 2.72 bits per heavy atom. The summed E-state index contributed by atoms with van der Waals surface area (Å²) in [4.78, 5) is 12.2. The van der Waals surface area contributed by atoms with Crippen LogP contribution in [0.5, 0.6) is 5.75 Å². The Morgan fingerprint density at radius 1 is 1.33 bits per heavy atom. The van der Waals surface area contributed by atoms with Crippen molar-refractivity contribution in [1.29, 1.82) is 0 Å². The first-order chi connectivity index (χ1) is 8.70. The molecule has 0 heterocycles. The number of ketones is 1. The average Bonchev–Trinajstić information content (AvgIpc) is 2.39. The molecule has 1 aromatic carbocycles. The molecule has 4 nitrogen and oxygen atoms in total. The number of rotatable bonds is 8. The van der Waals surface area contributed by atoms with Gasteiger partial charge in [0.1, 0.15) is 12.4 Å². The molecule has 18 heavy (non-hydrogen) atoms. The molecule has 0 aromatic heterocycles. The van der Waals surface area contributed by atoms with Crippen LogP contribution in [-0.2, 0) is 4.74 Å². The Labute approximate surface area is 108 Å². The van der Waals surface area contributed by atoms with E-state index in [9.17, 15) is 4.79 Å². The van der Waals surface area contributed by atoms with Crippen molar-refractivity contribution in [3.8, 4) is 5.75 Å². The van der Waals surface area contributed by atoms with Crippen molar-refractivity contribution in [2.24, 2.45) is 5.92 Å². The van der Waals surface area contributed by atoms with Crippen LogP contribution in [0.25, 0.3) is 0 Å². The molecule has 0 saturated carbocycles. The van der Waals surface area contributed by atoms with E-state index in [1.807, 2.05) is 32.2 Å². The van der Waals surface area contributed by atoms with E-state index < -0.39 is 0 Å². The van der Waals surface area contributed by atoms with E-state index in [1.54, 1.807) is 13.2 Å². The number of carbonyl (C=O) groups is 1. The van der Waals surface area contributed by atoms with Crippen LogP contribution >= 0.6 is 0 Å². The third kappa shape index (κ3) is 4.13. The van der Waals surface area contributed by atoms with Gasteiger partial charge in [0.05, 0.1) is 12.2 Å². The monoisotopic (exact) mass is 251 g/mol. The van der Waals surface area contributed by atoms with Gasteiger partial charge in [-0.25, -0.2) is 0 Å². The Morgan fingerprint density at radius 2 is 2.06 bits per heavy atom. The smallest absolute Gasteiger partial charge is 0.170 e. The van der Waals surface area contributed by atoms with Gasteiger partial charge in [0, 0.05) is 19.6 Å². The Hall–Kier alpha value is -1.39. The molecule has 0 spiro atoms. The maximum Gasteiger partial charge on any atom is 0.170 e. The Kier molecular flexibility index (Phi) is 6.39. The fourth-order valence-electron chi connectivity index (χ4n) is 1.70. The summed E-state index contributed by atoms with van der Waals surface area (Å²) in [5.41, 5.74) is 0.636. The molecular weight excluding hydrogens is 230 g/mol. The van der Waals surface area contributed by atoms with Crippen molar-refractivity contribution in [3.05, 3.63) is 29.8 Å². The molecule has 1 rings (SSSR count). The molecule has 0 saturated heterocycles. The molecule has 1 aromatic rings. The van der Waals surface area contributed by atoms with Gasteiger partial charge in [-0.2, -0.15) is 0 Å². The highest BCUT2D eigenvalue weighted by molar-refractivity contribution is 6.00. The lowest BCUT2D eigenvalue weighted by atomic mass is 9.98. The first-order valence-corrected chi connectivity index (χ1v) is 6.10. The lowest BCUT2D eigenvalue weighted by Crippen LogP contribution is -2.24. The SMILES string of the molecule is CNCC(C)C(=O)c1ccccc1OCCOC. The molecule has 0 bridgehead atoms. The van der Waals surface area contributed by atoms with Gasteiger partial charge < -0.3 is 14.8 Å². The predicted octanol–water partition coefficient (Wildman–Crippen LogP) is 1.75. The molecule has 0 aliphatic rings. The first-order valence-electron chi connectivity index (χ1n) is 6.10. The highest BCUT2D eigenvalue weighted by Crippen LogP contribution is 2.21. The summed E-state index contributed by atoms with van der Waals surface area (Å²) in [6.45, 7) is 3.52. The molecule has 100 valence electrons. The van der Waals surface area contributed by atoms with Gasteiger partial charge in [0.2, 0.25) is 0 Å². The maximum absolute atomic E-state index is 12.2. The fraction of sp³-hybridized carbons (Fsp3) is 0.500. The summed E-state index contributed by atoms with van der Waals surface area (Å²) in [5.74, 6) is 0.655. The van der Waals surface area contributed by atoms with Crippen molar-refractivity contribution in [3.63, 3.8) is 0 Å². The summed E-state index contributed by atoms with van der Waals surface area (Å²) >= 11 is 0. The topological polar surface area (TPSA) is 47.6 Å². The number of hydrogen-bond acceptors (Lipinski definition) is 4. The highest BCUT2D eigenvalue weighted by Gasteiger charge is 2.18. The second-order valence-corrected chi connectivity index (χ2v) is 4.16. The lowest BCUT2D eigenvalue weighted by Gasteiger charge is -2.14. The Balaban J connectivity index is 2.77. The minimum absolute atomic E-state index is 0.0674. The van der Waals surface area contributed by atoms with Gasteiger partial charge in [0.15, 0.2) is 5.78 Å². The molecule has 0 radical (unpaired) electrons. The Bertz CT molecular complexity index is 379. The highest BCUT2D eigenvalue weighted by atomic mass is 16.5. The van der Waals surface area contributed by atoms with Crippen LogP contribution in [-0.4, -0.2) is 39.7 Å². The predicted molar refractivity (Wildman–Crippen MR) is 71.2 cm³/mol. The second-order valence-electron chi connectivity index (χ2n) is 4.16. The molecule has 1 atom stereocenters. The summed E-state index contributed by atoms with van der Waals surface area (Å²) in [6.07, 6.45) is 0. The van der Waals surface area contributed by atoms with Gasteiger partial charge in [-0.05, 0) is 19.2 Å². The fourth-order valence-corrected chi connectivity index (χ4v) is 1.70. The van der Waals surface area contributed by atoms with Crippen molar-refractivity contribution in [1.82, 2.24) is 5.32 Å². The number of hydrogen-bond donors (Lipinski definition) is 1. The summed E-state index contributed by atoms with van der Waals surface area (Å²) in [5, 5.41) is 3.01. The summed E-state index contributed by atoms with van der Waals surface area (Å²) in [7, 11) is 3.46. The van der Waals surface area contributed by atoms with Crippen molar-refractivity contribution < 1.29 is 14.3 Å². The van der Waals surface area contributed by atoms with Gasteiger partial charge in [-0.15, -0.1) is 0 Å². The van der Waals surface area contributed by atoms with Gasteiger partial charge in [-0.3, -0.25) is 4.79 Å². The standard InChI is InChI=1S/C14H21NO3/c1-11(10-15-2)14(16)12-6-4-5-7-13(12)18-9-8-17-3/h4-7,11,15H,8-10H2,1-3H3. The average molecular weight is 251 g/mol. The number of methoxy groups -OCH3 is 1. The van der Waals surface area contributed by atoms with Crippen molar-refractivity contribution in [2.45, 2.75) is 6.92 Å². The van der Waals surface area contributed by atoms with E-state index in [4.69, 9.17) is 9.47 Å². The van der Waals surface area contributed by atoms with Crippen LogP contribution in [0.2, 0.25) is 0 Å².